The fraction of sp³-hybridized carbons (Fsp3) is 0.857. The highest BCUT2D eigenvalue weighted by atomic mass is 17.2. The summed E-state index contributed by atoms with van der Waals surface area (Å²) in [6, 6.07) is 2.07. The third-order valence-electron chi connectivity index (χ3n) is 2.01. The first-order chi connectivity index (χ1) is 8.87. The van der Waals surface area contributed by atoms with Gasteiger partial charge in [0.1, 0.15) is 5.60 Å². The number of azo groups is 1. The number of nitrogens with zero attached hydrogens (tertiary/aromatic N) is 3. The lowest BCUT2D eigenvalue weighted by molar-refractivity contribution is -0.320. The molecule has 20 heavy (non-hydrogen) atoms. The zero-order valence-corrected chi connectivity index (χ0v) is 13.5. The van der Waals surface area contributed by atoms with Crippen molar-refractivity contribution in [2.75, 3.05) is 0 Å². The summed E-state index contributed by atoms with van der Waals surface area (Å²) in [6.45, 7) is 12.6. The second-order valence-electron chi connectivity index (χ2n) is 6.91. The van der Waals surface area contributed by atoms with E-state index in [2.05, 4.69) is 21.2 Å². The van der Waals surface area contributed by atoms with Crippen LogP contribution in [0, 0.1) is 11.3 Å². The Morgan fingerprint density at radius 2 is 1.65 bits per heavy atom. The summed E-state index contributed by atoms with van der Waals surface area (Å²) in [5.41, 5.74) is -1.94. The van der Waals surface area contributed by atoms with Crippen LogP contribution in [0.2, 0.25) is 0 Å². The minimum atomic E-state index is -1.03. The van der Waals surface area contributed by atoms with Gasteiger partial charge >= 0.3 is 5.97 Å². The molecule has 1 unspecified atom stereocenters. The third kappa shape index (κ3) is 9.45. The number of nitriles is 1. The predicted molar refractivity (Wildman–Crippen MR) is 74.8 cm³/mol. The molecule has 0 amide bonds. The largest absolute Gasteiger partial charge is 0.342 e. The maximum atomic E-state index is 11.5. The van der Waals surface area contributed by atoms with E-state index in [1.165, 1.54) is 0 Å². The van der Waals surface area contributed by atoms with Crippen molar-refractivity contribution in [1.82, 2.24) is 0 Å². The van der Waals surface area contributed by atoms with E-state index in [9.17, 15) is 4.79 Å². The molecule has 0 bridgehead atoms. The minimum absolute atomic E-state index is 0.0449. The van der Waals surface area contributed by atoms with Crippen LogP contribution in [0.15, 0.2) is 10.2 Å². The first-order valence-electron chi connectivity index (χ1n) is 6.61. The molecule has 0 aromatic carbocycles. The molecule has 6 nitrogen and oxygen atoms in total. The molecule has 0 aromatic heterocycles. The summed E-state index contributed by atoms with van der Waals surface area (Å²) in [7, 11) is 0. The molecule has 0 aliphatic heterocycles. The molecule has 0 spiro atoms. The molecule has 0 fully saturated rings. The standard InChI is InChI=1S/C14H25N3O3/c1-12(2,3)16-17-14(7,10-15)9-8-11(18)19-20-13(4,5)6/h8-9H2,1-7H3/b17-16+. The van der Waals surface area contributed by atoms with Crippen LogP contribution >= 0.6 is 0 Å². The van der Waals surface area contributed by atoms with Gasteiger partial charge in [-0.2, -0.15) is 20.4 Å². The molecule has 0 heterocycles. The second kappa shape index (κ2) is 6.80. The Balaban J connectivity index is 4.42. The van der Waals surface area contributed by atoms with Crippen molar-refractivity contribution in [3.8, 4) is 6.07 Å². The van der Waals surface area contributed by atoms with Gasteiger partial charge in [-0.3, -0.25) is 4.89 Å². The molecule has 0 aliphatic rings. The summed E-state index contributed by atoms with van der Waals surface area (Å²) < 4.78 is 0. The highest BCUT2D eigenvalue weighted by Crippen LogP contribution is 2.21. The van der Waals surface area contributed by atoms with Crippen molar-refractivity contribution in [3.05, 3.63) is 0 Å². The Hall–Kier alpha value is -1.48. The number of carbonyl (C=O) groups is 1. The Labute approximate surface area is 121 Å². The lowest BCUT2D eigenvalue weighted by atomic mass is 9.99. The molecule has 0 rings (SSSR count). The van der Waals surface area contributed by atoms with Crippen LogP contribution in [0.1, 0.15) is 61.3 Å². The summed E-state index contributed by atoms with van der Waals surface area (Å²) in [6.07, 6.45) is 0.277. The maximum Gasteiger partial charge on any atom is 0.342 e. The molecular formula is C14H25N3O3. The maximum absolute atomic E-state index is 11.5. The molecule has 0 N–H and O–H groups in total. The van der Waals surface area contributed by atoms with E-state index >= 15 is 0 Å². The average Bonchev–Trinajstić information content (AvgIpc) is 2.29. The average molecular weight is 283 g/mol. The van der Waals surface area contributed by atoms with Crippen LogP contribution in [0.4, 0.5) is 0 Å². The van der Waals surface area contributed by atoms with Crippen LogP contribution in [-0.2, 0) is 14.6 Å². The number of carbonyl (C=O) groups excluding carboxylic acids is 1. The Morgan fingerprint density at radius 3 is 2.05 bits per heavy atom. The van der Waals surface area contributed by atoms with Crippen LogP contribution < -0.4 is 0 Å². The summed E-state index contributed by atoms with van der Waals surface area (Å²) in [5, 5.41) is 17.3. The van der Waals surface area contributed by atoms with Crippen molar-refractivity contribution < 1.29 is 14.6 Å². The number of hydrogen-bond acceptors (Lipinski definition) is 6. The molecule has 0 saturated heterocycles. The first kappa shape index (κ1) is 18.5. The van der Waals surface area contributed by atoms with Gasteiger partial charge in [-0.05, 0) is 54.9 Å². The van der Waals surface area contributed by atoms with Crippen LogP contribution in [0.5, 0.6) is 0 Å². The van der Waals surface area contributed by atoms with E-state index in [0.29, 0.717) is 0 Å². The van der Waals surface area contributed by atoms with Gasteiger partial charge in [0.05, 0.1) is 18.0 Å². The Morgan fingerprint density at radius 1 is 1.10 bits per heavy atom. The van der Waals surface area contributed by atoms with E-state index in [1.807, 2.05) is 20.8 Å². The number of hydrogen-bond donors (Lipinski definition) is 0. The van der Waals surface area contributed by atoms with Crippen molar-refractivity contribution in [3.63, 3.8) is 0 Å². The van der Waals surface area contributed by atoms with Gasteiger partial charge in [-0.25, -0.2) is 4.79 Å². The van der Waals surface area contributed by atoms with Gasteiger partial charge in [-0.15, -0.1) is 0 Å². The molecule has 1 atom stereocenters. The normalized spacial score (nSPS) is 15.7. The van der Waals surface area contributed by atoms with Crippen LogP contribution in [0.3, 0.4) is 0 Å². The highest BCUT2D eigenvalue weighted by molar-refractivity contribution is 5.68. The van der Waals surface area contributed by atoms with Gasteiger partial charge in [-0.1, -0.05) is 0 Å². The van der Waals surface area contributed by atoms with E-state index in [4.69, 9.17) is 10.1 Å². The van der Waals surface area contributed by atoms with E-state index in [1.54, 1.807) is 27.7 Å². The molecule has 0 saturated carbocycles. The molecule has 6 heteroatoms. The van der Waals surface area contributed by atoms with Crippen molar-refractivity contribution in [2.45, 2.75) is 78.0 Å². The summed E-state index contributed by atoms with van der Waals surface area (Å²) in [5.74, 6) is -0.521. The predicted octanol–water partition coefficient (Wildman–Crippen LogP) is 3.57. The van der Waals surface area contributed by atoms with Gasteiger partial charge in [0.25, 0.3) is 0 Å². The Kier molecular flexibility index (Phi) is 6.30. The summed E-state index contributed by atoms with van der Waals surface area (Å²) in [4.78, 5) is 21.1. The molecule has 0 aromatic rings. The van der Waals surface area contributed by atoms with E-state index in [0.717, 1.165) is 0 Å². The second-order valence-corrected chi connectivity index (χ2v) is 6.91. The zero-order valence-electron chi connectivity index (χ0n) is 13.5. The van der Waals surface area contributed by atoms with Crippen molar-refractivity contribution in [2.24, 2.45) is 10.2 Å². The van der Waals surface area contributed by atoms with Gasteiger partial charge in [0.15, 0.2) is 5.54 Å². The van der Waals surface area contributed by atoms with Gasteiger partial charge in [0.2, 0.25) is 0 Å². The molecular weight excluding hydrogens is 258 g/mol. The van der Waals surface area contributed by atoms with E-state index < -0.39 is 17.1 Å². The lowest BCUT2D eigenvalue weighted by Crippen LogP contribution is -2.25. The van der Waals surface area contributed by atoms with Crippen LogP contribution in [-0.4, -0.2) is 22.6 Å². The smallest absolute Gasteiger partial charge is 0.298 e. The van der Waals surface area contributed by atoms with Crippen molar-refractivity contribution in [1.29, 1.82) is 5.26 Å². The molecule has 114 valence electrons. The fourth-order valence-corrected chi connectivity index (χ4v) is 0.947. The molecule has 0 aliphatic carbocycles. The topological polar surface area (TPSA) is 84.0 Å². The monoisotopic (exact) mass is 283 g/mol. The third-order valence-corrected chi connectivity index (χ3v) is 2.01. The fourth-order valence-electron chi connectivity index (χ4n) is 0.947. The SMILES string of the molecule is CC(C)(C)/N=N/C(C)(C#N)CCC(=O)OOC(C)(C)C. The lowest BCUT2D eigenvalue weighted by Gasteiger charge is -2.19. The van der Waals surface area contributed by atoms with Crippen molar-refractivity contribution >= 4 is 5.97 Å². The Bertz CT molecular complexity index is 399. The van der Waals surface area contributed by atoms with E-state index in [-0.39, 0.29) is 18.4 Å². The summed E-state index contributed by atoms with van der Waals surface area (Å²) >= 11 is 0. The van der Waals surface area contributed by atoms with Gasteiger partial charge < -0.3 is 0 Å². The quantitative estimate of drug-likeness (QED) is 0.438. The van der Waals surface area contributed by atoms with Gasteiger partial charge in [0, 0.05) is 0 Å². The number of rotatable bonds is 5. The zero-order chi connectivity index (χ0) is 16.0. The van der Waals surface area contributed by atoms with Crippen LogP contribution in [0.25, 0.3) is 0 Å². The molecule has 0 radical (unpaired) electrons. The minimum Gasteiger partial charge on any atom is -0.298 e. The first-order valence-corrected chi connectivity index (χ1v) is 6.61. The highest BCUT2D eigenvalue weighted by Gasteiger charge is 2.26.